The third-order valence-electron chi connectivity index (χ3n) is 6.02. The molecular formula is C22H28N2O2. The molecule has 4 nitrogen and oxygen atoms in total. The molecule has 4 rings (SSSR count). The van der Waals surface area contributed by atoms with Gasteiger partial charge in [-0.2, -0.15) is 0 Å². The normalized spacial score (nSPS) is 24.5. The second-order valence-electron chi connectivity index (χ2n) is 7.88. The van der Waals surface area contributed by atoms with E-state index in [0.29, 0.717) is 19.5 Å². The van der Waals surface area contributed by atoms with Gasteiger partial charge in [-0.25, -0.2) is 0 Å². The van der Waals surface area contributed by atoms with Crippen LogP contribution in [0.2, 0.25) is 0 Å². The minimum absolute atomic E-state index is 0.0668. The second-order valence-corrected chi connectivity index (χ2v) is 7.88. The fraction of sp³-hybridized carbons (Fsp3) is 0.545. The summed E-state index contributed by atoms with van der Waals surface area (Å²) in [5.74, 6) is 0.0148. The van der Waals surface area contributed by atoms with Gasteiger partial charge in [0, 0.05) is 19.6 Å². The lowest BCUT2D eigenvalue weighted by Crippen LogP contribution is -2.38. The van der Waals surface area contributed by atoms with Crippen molar-refractivity contribution in [1.82, 2.24) is 10.2 Å². The molecule has 0 spiro atoms. The van der Waals surface area contributed by atoms with Gasteiger partial charge in [0.05, 0.1) is 11.8 Å². The SMILES string of the molecule is O=C(NCCC1=CCCCC1)C1CC1C(=O)N1CCc2ccccc2C1. The number of nitrogens with zero attached hydrogens (tertiary/aromatic N) is 1. The summed E-state index contributed by atoms with van der Waals surface area (Å²) in [6.45, 7) is 2.17. The average Bonchev–Trinajstić information content (AvgIpc) is 3.49. The molecule has 1 N–H and O–H groups in total. The maximum absolute atomic E-state index is 12.7. The average molecular weight is 352 g/mol. The first-order chi connectivity index (χ1) is 12.7. The Morgan fingerprint density at radius 3 is 2.73 bits per heavy atom. The minimum atomic E-state index is -0.111. The van der Waals surface area contributed by atoms with E-state index >= 15 is 0 Å². The van der Waals surface area contributed by atoms with Crippen LogP contribution in [0.15, 0.2) is 35.9 Å². The highest BCUT2D eigenvalue weighted by molar-refractivity contribution is 5.92. The molecule has 2 amide bonds. The molecule has 0 saturated heterocycles. The van der Waals surface area contributed by atoms with Crippen molar-refractivity contribution in [2.24, 2.45) is 11.8 Å². The van der Waals surface area contributed by atoms with Crippen molar-refractivity contribution in [2.45, 2.75) is 51.5 Å². The Labute approximate surface area is 155 Å². The van der Waals surface area contributed by atoms with Crippen molar-refractivity contribution in [3.8, 4) is 0 Å². The van der Waals surface area contributed by atoms with Crippen LogP contribution in [0.3, 0.4) is 0 Å². The van der Waals surface area contributed by atoms with Crippen LogP contribution in [0.4, 0.5) is 0 Å². The molecule has 2 unspecified atom stereocenters. The van der Waals surface area contributed by atoms with Crippen LogP contribution < -0.4 is 5.32 Å². The van der Waals surface area contributed by atoms with Gasteiger partial charge in [-0.3, -0.25) is 9.59 Å². The van der Waals surface area contributed by atoms with E-state index in [9.17, 15) is 9.59 Å². The summed E-state index contributed by atoms with van der Waals surface area (Å²) in [6, 6.07) is 8.33. The molecule has 0 aromatic heterocycles. The molecular weight excluding hydrogens is 324 g/mol. The Bertz CT molecular complexity index is 725. The quantitative estimate of drug-likeness (QED) is 0.827. The van der Waals surface area contributed by atoms with Crippen molar-refractivity contribution >= 4 is 11.8 Å². The first-order valence-corrected chi connectivity index (χ1v) is 10.0. The lowest BCUT2D eigenvalue weighted by Gasteiger charge is -2.29. The van der Waals surface area contributed by atoms with Gasteiger partial charge in [0.1, 0.15) is 0 Å². The van der Waals surface area contributed by atoms with Gasteiger partial charge in [0.15, 0.2) is 0 Å². The van der Waals surface area contributed by atoms with Crippen LogP contribution >= 0.6 is 0 Å². The summed E-state index contributed by atoms with van der Waals surface area (Å²) in [4.78, 5) is 27.0. The van der Waals surface area contributed by atoms with Crippen LogP contribution in [-0.2, 0) is 22.6 Å². The van der Waals surface area contributed by atoms with Gasteiger partial charge in [-0.05, 0) is 56.1 Å². The Kier molecular flexibility index (Phi) is 5.09. The Hall–Kier alpha value is -2.10. The minimum Gasteiger partial charge on any atom is -0.356 e. The van der Waals surface area contributed by atoms with Crippen molar-refractivity contribution in [1.29, 1.82) is 0 Å². The molecule has 26 heavy (non-hydrogen) atoms. The fourth-order valence-electron chi connectivity index (χ4n) is 4.29. The summed E-state index contributed by atoms with van der Waals surface area (Å²) in [5, 5.41) is 3.04. The van der Waals surface area contributed by atoms with E-state index in [1.807, 2.05) is 11.0 Å². The number of fused-ring (bicyclic) bond motifs is 1. The molecule has 1 aromatic carbocycles. The predicted octanol–water partition coefficient (Wildman–Crippen LogP) is 3.21. The summed E-state index contributed by atoms with van der Waals surface area (Å²) in [5.41, 5.74) is 4.07. The predicted molar refractivity (Wildman–Crippen MR) is 101 cm³/mol. The smallest absolute Gasteiger partial charge is 0.226 e. The Balaban J connectivity index is 1.23. The number of amides is 2. The summed E-state index contributed by atoms with van der Waals surface area (Å²) >= 11 is 0. The van der Waals surface area contributed by atoms with E-state index in [0.717, 1.165) is 19.4 Å². The zero-order valence-corrected chi connectivity index (χ0v) is 15.4. The van der Waals surface area contributed by atoms with E-state index < -0.39 is 0 Å². The van der Waals surface area contributed by atoms with Crippen molar-refractivity contribution in [3.05, 3.63) is 47.0 Å². The molecule has 0 radical (unpaired) electrons. The second kappa shape index (κ2) is 7.65. The third-order valence-corrected chi connectivity index (χ3v) is 6.02. The first-order valence-electron chi connectivity index (χ1n) is 10.0. The van der Waals surface area contributed by atoms with E-state index in [-0.39, 0.29) is 23.7 Å². The van der Waals surface area contributed by atoms with Crippen molar-refractivity contribution in [3.63, 3.8) is 0 Å². The van der Waals surface area contributed by atoms with Crippen molar-refractivity contribution in [2.75, 3.05) is 13.1 Å². The molecule has 1 heterocycles. The van der Waals surface area contributed by atoms with Crippen LogP contribution in [-0.4, -0.2) is 29.8 Å². The molecule has 4 heteroatoms. The van der Waals surface area contributed by atoms with Crippen LogP contribution in [0.1, 0.15) is 49.7 Å². The highest BCUT2D eigenvalue weighted by Gasteiger charge is 2.49. The Morgan fingerprint density at radius 1 is 1.08 bits per heavy atom. The van der Waals surface area contributed by atoms with Gasteiger partial charge >= 0.3 is 0 Å². The zero-order valence-electron chi connectivity index (χ0n) is 15.4. The number of benzene rings is 1. The van der Waals surface area contributed by atoms with E-state index in [2.05, 4.69) is 29.6 Å². The number of hydrogen-bond acceptors (Lipinski definition) is 2. The van der Waals surface area contributed by atoms with E-state index in [1.165, 1.54) is 42.4 Å². The molecule has 0 bridgehead atoms. The summed E-state index contributed by atoms with van der Waals surface area (Å²) < 4.78 is 0. The van der Waals surface area contributed by atoms with Gasteiger partial charge in [0.2, 0.25) is 11.8 Å². The number of hydrogen-bond donors (Lipinski definition) is 1. The molecule has 138 valence electrons. The monoisotopic (exact) mass is 352 g/mol. The van der Waals surface area contributed by atoms with Crippen LogP contribution in [0, 0.1) is 11.8 Å². The molecule has 1 saturated carbocycles. The molecule has 1 aliphatic heterocycles. The summed E-state index contributed by atoms with van der Waals surface area (Å²) in [6.07, 6.45) is 9.85. The van der Waals surface area contributed by atoms with Gasteiger partial charge in [0.25, 0.3) is 0 Å². The number of rotatable bonds is 5. The maximum atomic E-state index is 12.7. The van der Waals surface area contributed by atoms with Crippen LogP contribution in [0.5, 0.6) is 0 Å². The molecule has 3 aliphatic rings. The largest absolute Gasteiger partial charge is 0.356 e. The van der Waals surface area contributed by atoms with Gasteiger partial charge < -0.3 is 10.2 Å². The molecule has 2 aliphatic carbocycles. The van der Waals surface area contributed by atoms with Gasteiger partial charge in [-0.15, -0.1) is 0 Å². The van der Waals surface area contributed by atoms with E-state index in [1.54, 1.807) is 0 Å². The third kappa shape index (κ3) is 3.84. The first kappa shape index (κ1) is 17.3. The standard InChI is InChI=1S/C22H28N2O2/c25-21(23-12-10-16-6-2-1-3-7-16)19-14-20(19)22(26)24-13-11-17-8-4-5-9-18(17)15-24/h4-6,8-9,19-20H,1-3,7,10-15H2,(H,23,25). The maximum Gasteiger partial charge on any atom is 0.226 e. The highest BCUT2D eigenvalue weighted by Crippen LogP contribution is 2.41. The molecule has 2 atom stereocenters. The zero-order chi connectivity index (χ0) is 17.9. The lowest BCUT2D eigenvalue weighted by molar-refractivity contribution is -0.135. The number of carbonyl (C=O) groups excluding carboxylic acids is 2. The number of nitrogens with one attached hydrogen (secondary N) is 1. The summed E-state index contributed by atoms with van der Waals surface area (Å²) in [7, 11) is 0. The fourth-order valence-corrected chi connectivity index (χ4v) is 4.29. The topological polar surface area (TPSA) is 49.4 Å². The Morgan fingerprint density at radius 2 is 1.92 bits per heavy atom. The number of carbonyl (C=O) groups is 2. The van der Waals surface area contributed by atoms with E-state index in [4.69, 9.17) is 0 Å². The highest BCUT2D eigenvalue weighted by atomic mass is 16.2. The molecule has 1 fully saturated rings. The van der Waals surface area contributed by atoms with Gasteiger partial charge in [-0.1, -0.05) is 35.9 Å². The van der Waals surface area contributed by atoms with Crippen LogP contribution in [0.25, 0.3) is 0 Å². The molecule has 1 aromatic rings. The lowest BCUT2D eigenvalue weighted by atomic mass is 9.97. The van der Waals surface area contributed by atoms with Crippen molar-refractivity contribution < 1.29 is 9.59 Å². The number of allylic oxidation sites excluding steroid dienone is 1.